The maximum Gasteiger partial charge on any atom is 0.0577 e. The predicted molar refractivity (Wildman–Crippen MR) is 211 cm³/mol. The molecule has 8 aliphatic rings. The average Bonchev–Trinajstić information content (AvgIpc) is 3.70. The Morgan fingerprint density at radius 1 is 0.519 bits per heavy atom. The number of hydrogen-bond acceptors (Lipinski definition) is 4. The predicted octanol–water partition coefficient (Wildman–Crippen LogP) is 10.8. The highest BCUT2D eigenvalue weighted by molar-refractivity contribution is 5.73. The number of allylic oxidation sites excluding steroid dienone is 6. The number of rotatable bonds is 2. The van der Waals surface area contributed by atoms with Crippen molar-refractivity contribution >= 4 is 11.1 Å². The van der Waals surface area contributed by atoms with Gasteiger partial charge in [-0.2, -0.15) is 0 Å². The molecule has 2 aromatic rings. The molecule has 2 heterocycles. The maximum atomic E-state index is 10.2. The molecule has 0 aliphatic heterocycles. The first-order chi connectivity index (χ1) is 25.0. The van der Waals surface area contributed by atoms with Crippen LogP contribution in [-0.4, -0.2) is 32.4 Å². The van der Waals surface area contributed by atoms with Gasteiger partial charge < -0.3 is 10.2 Å². The van der Waals surface area contributed by atoms with Crippen LogP contribution in [0.15, 0.2) is 84.5 Å². The number of hydrogen-bond donors (Lipinski definition) is 2. The third-order valence-electron chi connectivity index (χ3n) is 17.3. The van der Waals surface area contributed by atoms with Gasteiger partial charge in [0.2, 0.25) is 0 Å². The maximum absolute atomic E-state index is 10.2. The lowest BCUT2D eigenvalue weighted by atomic mass is 9.47. The molecule has 0 spiro atoms. The van der Waals surface area contributed by atoms with E-state index in [0.29, 0.717) is 21.7 Å². The van der Waals surface area contributed by atoms with E-state index in [1.165, 1.54) is 75.3 Å². The van der Waals surface area contributed by atoms with Gasteiger partial charge in [0, 0.05) is 24.8 Å². The topological polar surface area (TPSA) is 66.2 Å². The van der Waals surface area contributed by atoms with Crippen LogP contribution in [0.5, 0.6) is 0 Å². The molecule has 2 aromatic heterocycles. The molecule has 0 radical (unpaired) electrons. The molecule has 10 rings (SSSR count). The van der Waals surface area contributed by atoms with Crippen molar-refractivity contribution < 1.29 is 10.2 Å². The Hall–Kier alpha value is -2.82. The fourth-order valence-electron chi connectivity index (χ4n) is 14.4. The molecular formula is C48H62N2O2. The van der Waals surface area contributed by atoms with Crippen molar-refractivity contribution in [3.05, 3.63) is 95.6 Å². The van der Waals surface area contributed by atoms with Gasteiger partial charge in [-0.15, -0.1) is 0 Å². The van der Waals surface area contributed by atoms with Crippen LogP contribution in [0.4, 0.5) is 0 Å². The second-order valence-corrected chi connectivity index (χ2v) is 19.4. The van der Waals surface area contributed by atoms with Crippen LogP contribution in [-0.2, 0) is 0 Å². The van der Waals surface area contributed by atoms with E-state index in [-0.39, 0.29) is 12.2 Å². The lowest BCUT2D eigenvalue weighted by molar-refractivity contribution is -0.0238. The Balaban J connectivity index is 0.000000138. The number of nitrogens with zero attached hydrogens (tertiary/aromatic N) is 2. The molecular weight excluding hydrogens is 637 g/mol. The highest BCUT2D eigenvalue weighted by Crippen LogP contribution is 2.68. The Labute approximate surface area is 313 Å². The van der Waals surface area contributed by atoms with Crippen molar-refractivity contribution in [2.45, 2.75) is 130 Å². The second kappa shape index (κ2) is 12.9. The first-order valence-electron chi connectivity index (χ1n) is 21.0. The van der Waals surface area contributed by atoms with Gasteiger partial charge in [-0.1, -0.05) is 75.3 Å². The van der Waals surface area contributed by atoms with E-state index in [9.17, 15) is 10.2 Å². The number of aliphatic hydroxyl groups excluding tert-OH is 2. The summed E-state index contributed by atoms with van der Waals surface area (Å²) in [7, 11) is 0. The third-order valence-corrected chi connectivity index (χ3v) is 17.3. The number of pyridine rings is 2. The summed E-state index contributed by atoms with van der Waals surface area (Å²) in [6.07, 6.45) is 34.0. The van der Waals surface area contributed by atoms with Crippen molar-refractivity contribution in [1.29, 1.82) is 0 Å². The number of fused-ring (bicyclic) bond motifs is 10. The van der Waals surface area contributed by atoms with Gasteiger partial charge >= 0.3 is 0 Å². The molecule has 0 bridgehead atoms. The molecule has 52 heavy (non-hydrogen) atoms. The van der Waals surface area contributed by atoms with Crippen molar-refractivity contribution in [2.24, 2.45) is 57.2 Å². The smallest absolute Gasteiger partial charge is 0.0577 e. The molecule has 12 atom stereocenters. The van der Waals surface area contributed by atoms with Crippen LogP contribution >= 0.6 is 0 Å². The van der Waals surface area contributed by atoms with E-state index >= 15 is 0 Å². The lowest BCUT2D eigenvalue weighted by Gasteiger charge is -2.57. The average molecular weight is 699 g/mol. The van der Waals surface area contributed by atoms with Crippen LogP contribution in [0.25, 0.3) is 11.1 Å². The van der Waals surface area contributed by atoms with Crippen molar-refractivity contribution in [2.75, 3.05) is 0 Å². The van der Waals surface area contributed by atoms with Crippen LogP contribution < -0.4 is 0 Å². The molecule has 4 fully saturated rings. The van der Waals surface area contributed by atoms with E-state index in [2.05, 4.69) is 86.2 Å². The number of aliphatic hydroxyl groups is 2. The summed E-state index contributed by atoms with van der Waals surface area (Å²) in [5, 5.41) is 20.3. The molecule has 0 amide bonds. The summed E-state index contributed by atoms with van der Waals surface area (Å²) in [5.41, 5.74) is 10.2. The van der Waals surface area contributed by atoms with Crippen LogP contribution in [0.3, 0.4) is 0 Å². The minimum atomic E-state index is -0.106. The van der Waals surface area contributed by atoms with Gasteiger partial charge in [0.05, 0.1) is 12.2 Å². The van der Waals surface area contributed by atoms with Crippen molar-refractivity contribution in [3.63, 3.8) is 0 Å². The molecule has 4 nitrogen and oxygen atoms in total. The van der Waals surface area contributed by atoms with Crippen molar-refractivity contribution in [1.82, 2.24) is 9.97 Å². The zero-order valence-corrected chi connectivity index (χ0v) is 32.2. The standard InChI is InChI=1S/2C24H31NO/c2*1-23-11-9-18(26)14-17(23)5-6-19-21-8-7-20(16-4-3-13-25-15-16)24(21,2)12-10-22(19)23/h2*3-5,7,13,15,18-19,21-22,26H,6,8-12,14H2,1-2H3/t2*18-,19-,21-,22-,23-,24+/m00/s1. The molecule has 8 aliphatic carbocycles. The summed E-state index contributed by atoms with van der Waals surface area (Å²) in [4.78, 5) is 8.76. The van der Waals surface area contributed by atoms with Gasteiger partial charge in [-0.25, -0.2) is 0 Å². The van der Waals surface area contributed by atoms with E-state index in [1.54, 1.807) is 22.3 Å². The summed E-state index contributed by atoms with van der Waals surface area (Å²) >= 11 is 0. The summed E-state index contributed by atoms with van der Waals surface area (Å²) < 4.78 is 0. The molecule has 0 saturated heterocycles. The Morgan fingerprint density at radius 3 is 1.35 bits per heavy atom. The van der Waals surface area contributed by atoms with E-state index < -0.39 is 0 Å². The van der Waals surface area contributed by atoms with E-state index in [1.807, 2.05) is 24.8 Å². The normalized spacial score (nSPS) is 44.4. The summed E-state index contributed by atoms with van der Waals surface area (Å²) in [6.45, 7) is 10.1. The fourth-order valence-corrected chi connectivity index (χ4v) is 14.4. The van der Waals surface area contributed by atoms with Crippen molar-refractivity contribution in [3.8, 4) is 0 Å². The molecule has 0 unspecified atom stereocenters. The molecule has 0 aromatic carbocycles. The van der Waals surface area contributed by atoms with Gasteiger partial charge in [-0.3, -0.25) is 9.97 Å². The molecule has 4 heteroatoms. The van der Waals surface area contributed by atoms with Gasteiger partial charge in [-0.05, 0) is 181 Å². The summed E-state index contributed by atoms with van der Waals surface area (Å²) in [6, 6.07) is 8.62. The monoisotopic (exact) mass is 698 g/mol. The Bertz CT molecular complexity index is 1660. The molecule has 4 saturated carbocycles. The highest BCUT2D eigenvalue weighted by Gasteiger charge is 2.58. The second-order valence-electron chi connectivity index (χ2n) is 19.4. The Kier molecular flexibility index (Phi) is 8.66. The fraction of sp³-hybridized carbons (Fsp3) is 0.625. The largest absolute Gasteiger partial charge is 0.393 e. The molecule has 276 valence electrons. The van der Waals surface area contributed by atoms with Crippen LogP contribution in [0.1, 0.15) is 129 Å². The quantitative estimate of drug-likeness (QED) is 0.307. The van der Waals surface area contributed by atoms with Gasteiger partial charge in [0.1, 0.15) is 0 Å². The number of aromatic nitrogens is 2. The first-order valence-corrected chi connectivity index (χ1v) is 21.0. The van der Waals surface area contributed by atoms with Gasteiger partial charge in [0.15, 0.2) is 0 Å². The van der Waals surface area contributed by atoms with Crippen LogP contribution in [0, 0.1) is 57.2 Å². The van der Waals surface area contributed by atoms with E-state index in [0.717, 1.165) is 61.2 Å². The van der Waals surface area contributed by atoms with E-state index in [4.69, 9.17) is 0 Å². The Morgan fingerprint density at radius 2 is 0.942 bits per heavy atom. The van der Waals surface area contributed by atoms with Gasteiger partial charge in [0.25, 0.3) is 0 Å². The highest BCUT2D eigenvalue weighted by atomic mass is 16.3. The third kappa shape index (κ3) is 5.35. The zero-order chi connectivity index (χ0) is 35.9. The minimum absolute atomic E-state index is 0.106. The molecule has 2 N–H and O–H groups in total. The van der Waals surface area contributed by atoms with Crippen LogP contribution in [0.2, 0.25) is 0 Å². The lowest BCUT2D eigenvalue weighted by Crippen LogP contribution is -2.49. The summed E-state index contributed by atoms with van der Waals surface area (Å²) in [5.74, 6) is 4.71. The zero-order valence-electron chi connectivity index (χ0n) is 32.2. The SMILES string of the molecule is C[C@]12CC[C@H](O)CC1=CC[C@@H]1[C@@H]2CC[C@]2(C)C(c3cccnc3)=CC[C@@H]12.C[C@]12CC[C@H](O)CC1=CC[C@@H]1[C@@H]2CC[C@]2(C)C(c3cccnc3)=CC[C@@H]12. The first kappa shape index (κ1) is 34.9. The minimum Gasteiger partial charge on any atom is -0.393 e.